The summed E-state index contributed by atoms with van der Waals surface area (Å²) >= 11 is 3.15. The molecular weight excluding hydrogens is 263 g/mol. The zero-order valence-electron chi connectivity index (χ0n) is 7.63. The number of hydrogen-bond acceptors (Lipinski definition) is 2. The molecule has 0 aromatic heterocycles. The third-order valence-electron chi connectivity index (χ3n) is 2.03. The van der Waals surface area contributed by atoms with Crippen molar-refractivity contribution in [2.75, 3.05) is 0 Å². The number of carbonyl (C=O) groups is 1. The van der Waals surface area contributed by atoms with Crippen molar-refractivity contribution in [2.24, 2.45) is 9.98 Å². The van der Waals surface area contributed by atoms with Gasteiger partial charge in [0.05, 0.1) is 5.36 Å². The second-order valence-corrected chi connectivity index (χ2v) is 3.58. The number of alkyl halides is 1. The van der Waals surface area contributed by atoms with Crippen LogP contribution in [0.5, 0.6) is 0 Å². The van der Waals surface area contributed by atoms with Crippen LogP contribution in [0, 0.1) is 5.82 Å². The molecule has 1 aromatic rings. The lowest BCUT2D eigenvalue weighted by Gasteiger charge is -2.03. The van der Waals surface area contributed by atoms with E-state index in [0.717, 1.165) is 0 Å². The molecule has 2 rings (SSSR count). The second kappa shape index (κ2) is 3.66. The number of amides is 1. The molecule has 1 amide bonds. The molecule has 0 atom stereocenters. The van der Waals surface area contributed by atoms with Gasteiger partial charge in [-0.25, -0.2) is 14.4 Å². The molecule has 0 fully saturated rings. The fourth-order valence-corrected chi connectivity index (χ4v) is 1.69. The zero-order chi connectivity index (χ0) is 11.0. The van der Waals surface area contributed by atoms with Crippen molar-refractivity contribution in [2.45, 2.75) is 5.33 Å². The van der Waals surface area contributed by atoms with Gasteiger partial charge in [0, 0.05) is 10.9 Å². The predicted molar refractivity (Wildman–Crippen MR) is 55.5 cm³/mol. The van der Waals surface area contributed by atoms with E-state index in [4.69, 9.17) is 0 Å². The van der Waals surface area contributed by atoms with E-state index in [0.29, 0.717) is 16.3 Å². The molecule has 1 aromatic carbocycles. The quantitative estimate of drug-likeness (QED) is 0.554. The highest BCUT2D eigenvalue weighted by Crippen LogP contribution is 2.06. The van der Waals surface area contributed by atoms with E-state index in [1.165, 1.54) is 0 Å². The van der Waals surface area contributed by atoms with Gasteiger partial charge >= 0.3 is 0 Å². The third kappa shape index (κ3) is 1.63. The Hall–Kier alpha value is -1.36. The molecule has 15 heavy (non-hydrogen) atoms. The van der Waals surface area contributed by atoms with Gasteiger partial charge in [0.15, 0.2) is 5.82 Å². The van der Waals surface area contributed by atoms with E-state index in [1.54, 1.807) is 12.1 Å². The molecule has 1 heterocycles. The van der Waals surface area contributed by atoms with Crippen LogP contribution < -0.4 is 10.7 Å². The summed E-state index contributed by atoms with van der Waals surface area (Å²) in [5.74, 6) is -1.10. The Morgan fingerprint density at radius 3 is 2.80 bits per heavy atom. The van der Waals surface area contributed by atoms with Gasteiger partial charge in [0.1, 0.15) is 11.1 Å². The predicted octanol–water partition coefficient (Wildman–Crippen LogP) is 1.01. The third-order valence-corrected chi connectivity index (χ3v) is 2.64. The van der Waals surface area contributed by atoms with Gasteiger partial charge in [-0.3, -0.25) is 4.79 Å². The van der Waals surface area contributed by atoms with Crippen LogP contribution in [0.25, 0.3) is 0 Å². The van der Waals surface area contributed by atoms with Gasteiger partial charge in [-0.2, -0.15) is 0 Å². The summed E-state index contributed by atoms with van der Waals surface area (Å²) in [5.41, 5.74) is 0.488. The molecule has 0 N–H and O–H groups in total. The molecule has 1 aliphatic heterocycles. The average Bonchev–Trinajstić information content (AvgIpc) is 2.22. The number of nitrogens with zero attached hydrogens (tertiary/aromatic N) is 2. The lowest BCUT2D eigenvalue weighted by Crippen LogP contribution is -2.34. The second-order valence-electron chi connectivity index (χ2n) is 3.02. The van der Waals surface area contributed by atoms with Crippen LogP contribution in [0.2, 0.25) is 0 Å². The minimum atomic E-state index is -0.590. The first-order valence-electron chi connectivity index (χ1n) is 4.17. The molecular formula is C10H6BrFN2O. The van der Waals surface area contributed by atoms with Crippen LogP contribution in [0.3, 0.4) is 0 Å². The maximum atomic E-state index is 13.7. The Labute approximate surface area is 93.2 Å². The lowest BCUT2D eigenvalue weighted by atomic mass is 10.2. The van der Waals surface area contributed by atoms with Crippen molar-refractivity contribution in [3.63, 3.8) is 0 Å². The van der Waals surface area contributed by atoms with Crippen LogP contribution in [0.1, 0.15) is 5.56 Å². The van der Waals surface area contributed by atoms with Crippen molar-refractivity contribution >= 4 is 21.8 Å². The average molecular weight is 269 g/mol. The maximum Gasteiger partial charge on any atom is 0.295 e. The summed E-state index contributed by atoms with van der Waals surface area (Å²) in [6.07, 6.45) is 0. The van der Waals surface area contributed by atoms with Gasteiger partial charge < -0.3 is 0 Å². The van der Waals surface area contributed by atoms with Crippen LogP contribution in [-0.2, 0) is 10.1 Å². The highest BCUT2D eigenvalue weighted by atomic mass is 79.9. The van der Waals surface area contributed by atoms with E-state index in [9.17, 15) is 9.18 Å². The molecule has 0 saturated heterocycles. The van der Waals surface area contributed by atoms with E-state index < -0.39 is 11.7 Å². The number of hydrogen-bond donors (Lipinski definition) is 0. The Morgan fingerprint density at radius 2 is 2.13 bits per heavy atom. The number of carbonyl (C=O) groups excluding carboxylic acids is 1. The normalized spacial score (nSPS) is 14.3. The zero-order valence-corrected chi connectivity index (χ0v) is 9.21. The largest absolute Gasteiger partial charge is 0.295 e. The molecule has 0 spiro atoms. The van der Waals surface area contributed by atoms with Crippen LogP contribution >= 0.6 is 15.9 Å². The van der Waals surface area contributed by atoms with Gasteiger partial charge in [0.25, 0.3) is 5.91 Å². The molecule has 3 nitrogen and oxygen atoms in total. The molecule has 0 saturated carbocycles. The summed E-state index contributed by atoms with van der Waals surface area (Å²) in [5, 5.41) is 0.725. The smallest absolute Gasteiger partial charge is 0.265 e. The fourth-order valence-electron chi connectivity index (χ4n) is 1.26. The van der Waals surface area contributed by atoms with Crippen LogP contribution in [0.15, 0.2) is 34.4 Å². The summed E-state index contributed by atoms with van der Waals surface area (Å²) in [7, 11) is 0. The molecule has 0 radical (unpaired) electrons. The summed E-state index contributed by atoms with van der Waals surface area (Å²) in [6.45, 7) is 3.42. The van der Waals surface area contributed by atoms with Gasteiger partial charge in [0.2, 0.25) is 0 Å². The standard InChI is InChI=1S/C10H6BrFN2O/c1-5-10(15)14-9-7(13-5)3-2-6(4-11)8(9)12/h2-3H,1,4H2. The Kier molecular flexibility index (Phi) is 2.48. The minimum Gasteiger partial charge on any atom is -0.265 e. The van der Waals surface area contributed by atoms with E-state index in [-0.39, 0.29) is 11.1 Å². The van der Waals surface area contributed by atoms with Gasteiger partial charge in [-0.05, 0) is 6.07 Å². The van der Waals surface area contributed by atoms with Crippen molar-refractivity contribution < 1.29 is 9.18 Å². The molecule has 76 valence electrons. The number of fused-ring (bicyclic) bond motifs is 1. The molecule has 0 unspecified atom stereocenters. The van der Waals surface area contributed by atoms with E-state index in [1.807, 2.05) is 0 Å². The van der Waals surface area contributed by atoms with Crippen molar-refractivity contribution in [3.05, 3.63) is 46.5 Å². The molecule has 5 heteroatoms. The Balaban J connectivity index is 2.85. The topological polar surface area (TPSA) is 41.8 Å². The molecule has 1 aliphatic rings. The lowest BCUT2D eigenvalue weighted by molar-refractivity contribution is -0.114. The molecule has 0 aliphatic carbocycles. The number of benzene rings is 1. The first-order chi connectivity index (χ1) is 7.13. The highest BCUT2D eigenvalue weighted by molar-refractivity contribution is 9.08. The highest BCUT2D eigenvalue weighted by Gasteiger charge is 2.13. The summed E-state index contributed by atoms with van der Waals surface area (Å²) < 4.78 is 13.7. The van der Waals surface area contributed by atoms with Crippen molar-refractivity contribution in [1.29, 1.82) is 0 Å². The first-order valence-corrected chi connectivity index (χ1v) is 5.29. The van der Waals surface area contributed by atoms with E-state index in [2.05, 4.69) is 32.5 Å². The minimum absolute atomic E-state index is 0.00403. The Bertz CT molecular complexity index is 580. The number of halogens is 2. The molecule has 0 bridgehead atoms. The number of rotatable bonds is 1. The summed E-state index contributed by atoms with van der Waals surface area (Å²) in [6, 6.07) is 3.22. The van der Waals surface area contributed by atoms with Crippen LogP contribution in [-0.4, -0.2) is 5.91 Å². The SMILES string of the molecule is C=C1N=c2ccc(CBr)c(F)c2=NC1=O. The summed E-state index contributed by atoms with van der Waals surface area (Å²) in [4.78, 5) is 18.6. The Morgan fingerprint density at radius 1 is 1.40 bits per heavy atom. The first kappa shape index (κ1) is 10.2. The van der Waals surface area contributed by atoms with Crippen LogP contribution in [0.4, 0.5) is 4.39 Å². The van der Waals surface area contributed by atoms with Gasteiger partial charge in [-0.1, -0.05) is 28.6 Å². The monoisotopic (exact) mass is 268 g/mol. The van der Waals surface area contributed by atoms with Crippen molar-refractivity contribution in [1.82, 2.24) is 0 Å². The van der Waals surface area contributed by atoms with Gasteiger partial charge in [-0.15, -0.1) is 0 Å². The maximum absolute atomic E-state index is 13.7. The van der Waals surface area contributed by atoms with E-state index >= 15 is 0 Å². The van der Waals surface area contributed by atoms with Crippen molar-refractivity contribution in [3.8, 4) is 0 Å². The fraction of sp³-hybridized carbons (Fsp3) is 0.100.